The number of para-hydroxylation sites is 2. The standard InChI is InChI=1S/C58H33N3O2/c1-2-14-38-37(13-1)39-15-3-8-20-47(39)58(48-21-9-4-16-40(38)48)49-22-10-5-17-41(49)44-31-34(25-28-50(44)58)55-59-56(35-26-29-53-45(32-35)42-18-6-11-23-51(42)62-53)61-57(60-55)36-27-30-54-46(33-36)43-19-7-12-24-52(43)63-54/h1-33H. The minimum absolute atomic E-state index is 0.572. The van der Waals surface area contributed by atoms with Crippen molar-refractivity contribution in [1.82, 2.24) is 15.0 Å². The fraction of sp³-hybridized carbons (Fsp3) is 0.0172. The number of nitrogens with zero attached hydrogens (tertiary/aromatic N) is 3. The predicted octanol–water partition coefficient (Wildman–Crippen LogP) is 14.7. The average molecular weight is 804 g/mol. The lowest BCUT2D eigenvalue weighted by molar-refractivity contribution is 0.668. The zero-order valence-corrected chi connectivity index (χ0v) is 33.7. The quantitative estimate of drug-likeness (QED) is 0.178. The Morgan fingerprint density at radius 3 is 1.11 bits per heavy atom. The second-order valence-corrected chi connectivity index (χ2v) is 16.6. The van der Waals surface area contributed by atoms with Crippen molar-refractivity contribution < 1.29 is 8.83 Å². The molecule has 12 aromatic rings. The molecule has 2 aliphatic carbocycles. The summed E-state index contributed by atoms with van der Waals surface area (Å²) in [4.78, 5) is 15.8. The number of fused-ring (bicyclic) bond motifs is 18. The molecule has 292 valence electrons. The summed E-state index contributed by atoms with van der Waals surface area (Å²) in [7, 11) is 0. The lowest BCUT2D eigenvalue weighted by atomic mass is 9.66. The first kappa shape index (κ1) is 34.3. The van der Waals surface area contributed by atoms with Gasteiger partial charge in [-0.25, -0.2) is 15.0 Å². The molecule has 2 aliphatic rings. The van der Waals surface area contributed by atoms with Crippen molar-refractivity contribution in [2.75, 3.05) is 0 Å². The van der Waals surface area contributed by atoms with E-state index in [2.05, 4.69) is 140 Å². The molecule has 0 radical (unpaired) electrons. The van der Waals surface area contributed by atoms with Crippen LogP contribution in [0, 0.1) is 0 Å². The average Bonchev–Trinajstić information content (AvgIpc) is 3.99. The van der Waals surface area contributed by atoms with Gasteiger partial charge in [0.1, 0.15) is 22.3 Å². The van der Waals surface area contributed by atoms with E-state index >= 15 is 0 Å². The largest absolute Gasteiger partial charge is 0.456 e. The normalized spacial score (nSPS) is 13.2. The molecule has 0 saturated heterocycles. The van der Waals surface area contributed by atoms with Crippen LogP contribution in [0.1, 0.15) is 22.3 Å². The Bertz CT molecular complexity index is 3690. The van der Waals surface area contributed by atoms with E-state index in [-0.39, 0.29) is 0 Å². The van der Waals surface area contributed by atoms with Gasteiger partial charge in [0.05, 0.1) is 5.41 Å². The molecule has 5 heteroatoms. The number of rotatable bonds is 3. The van der Waals surface area contributed by atoms with Crippen LogP contribution < -0.4 is 0 Å². The van der Waals surface area contributed by atoms with Crippen LogP contribution in [0.2, 0.25) is 0 Å². The van der Waals surface area contributed by atoms with Crippen LogP contribution in [-0.4, -0.2) is 15.0 Å². The van der Waals surface area contributed by atoms with Gasteiger partial charge in [0.25, 0.3) is 0 Å². The molecular weight excluding hydrogens is 771 g/mol. The topological polar surface area (TPSA) is 65.0 Å². The van der Waals surface area contributed by atoms with Gasteiger partial charge in [-0.2, -0.15) is 0 Å². The van der Waals surface area contributed by atoms with Gasteiger partial charge in [0.15, 0.2) is 17.5 Å². The van der Waals surface area contributed by atoms with Gasteiger partial charge >= 0.3 is 0 Å². The molecular formula is C58H33N3O2. The fourth-order valence-corrected chi connectivity index (χ4v) is 10.7. The zero-order chi connectivity index (χ0) is 41.2. The molecule has 0 saturated carbocycles. The van der Waals surface area contributed by atoms with E-state index in [1.165, 1.54) is 55.6 Å². The molecule has 9 aromatic carbocycles. The molecule has 0 amide bonds. The minimum Gasteiger partial charge on any atom is -0.456 e. The first-order chi connectivity index (χ1) is 31.2. The summed E-state index contributed by atoms with van der Waals surface area (Å²) in [6.07, 6.45) is 0. The summed E-state index contributed by atoms with van der Waals surface area (Å²) in [5.41, 5.74) is 17.8. The van der Waals surface area contributed by atoms with E-state index in [0.29, 0.717) is 17.5 Å². The van der Waals surface area contributed by atoms with Crippen LogP contribution in [0.25, 0.3) is 111 Å². The highest BCUT2D eigenvalue weighted by atomic mass is 16.3. The summed E-state index contributed by atoms with van der Waals surface area (Å²) >= 11 is 0. The van der Waals surface area contributed by atoms with Gasteiger partial charge in [-0.3, -0.25) is 0 Å². The van der Waals surface area contributed by atoms with Crippen LogP contribution >= 0.6 is 0 Å². The molecule has 0 atom stereocenters. The van der Waals surface area contributed by atoms with Crippen molar-refractivity contribution >= 4 is 43.9 Å². The van der Waals surface area contributed by atoms with Crippen molar-refractivity contribution in [3.63, 3.8) is 0 Å². The van der Waals surface area contributed by atoms with Crippen LogP contribution in [0.4, 0.5) is 0 Å². The monoisotopic (exact) mass is 803 g/mol. The SMILES string of the molecule is c1ccc2c(c1)-c1ccccc1C1(c3ccccc3-2)c2ccccc2-c2cc(-c3nc(-c4ccc5oc6ccccc6c5c4)nc(-c4ccc5oc6ccccc6c5c4)n3)ccc21. The third kappa shape index (κ3) is 4.79. The molecule has 5 nitrogen and oxygen atoms in total. The molecule has 0 aliphatic heterocycles. The van der Waals surface area contributed by atoms with E-state index in [0.717, 1.165) is 60.6 Å². The predicted molar refractivity (Wildman–Crippen MR) is 252 cm³/mol. The van der Waals surface area contributed by atoms with Gasteiger partial charge in [0.2, 0.25) is 0 Å². The van der Waals surface area contributed by atoms with Crippen LogP contribution in [0.3, 0.4) is 0 Å². The maximum Gasteiger partial charge on any atom is 0.164 e. The Kier molecular flexibility index (Phi) is 6.97. The summed E-state index contributed by atoms with van der Waals surface area (Å²) in [5.74, 6) is 1.77. The molecule has 3 aromatic heterocycles. The Hall–Kier alpha value is -8.41. The molecule has 0 N–H and O–H groups in total. The summed E-state index contributed by atoms with van der Waals surface area (Å²) < 4.78 is 12.4. The highest BCUT2D eigenvalue weighted by Gasteiger charge is 2.49. The number of hydrogen-bond acceptors (Lipinski definition) is 5. The molecule has 63 heavy (non-hydrogen) atoms. The molecule has 14 rings (SSSR count). The first-order valence-electron chi connectivity index (χ1n) is 21.3. The molecule has 0 fully saturated rings. The molecule has 0 unspecified atom stereocenters. The van der Waals surface area contributed by atoms with E-state index in [4.69, 9.17) is 23.8 Å². The van der Waals surface area contributed by atoms with E-state index in [1.54, 1.807) is 0 Å². The minimum atomic E-state index is -0.572. The number of hydrogen-bond donors (Lipinski definition) is 0. The number of furan rings is 2. The van der Waals surface area contributed by atoms with Crippen molar-refractivity contribution in [3.8, 4) is 67.5 Å². The molecule has 3 heterocycles. The maximum absolute atomic E-state index is 6.22. The Labute approximate surface area is 361 Å². The second kappa shape index (κ2) is 12.8. The van der Waals surface area contributed by atoms with Crippen molar-refractivity contribution in [2.24, 2.45) is 0 Å². The van der Waals surface area contributed by atoms with Gasteiger partial charge in [0, 0.05) is 38.2 Å². The lowest BCUT2D eigenvalue weighted by Gasteiger charge is -2.35. The fourth-order valence-electron chi connectivity index (χ4n) is 10.7. The first-order valence-corrected chi connectivity index (χ1v) is 21.3. The lowest BCUT2D eigenvalue weighted by Crippen LogP contribution is -2.29. The van der Waals surface area contributed by atoms with E-state index in [9.17, 15) is 0 Å². The highest BCUT2D eigenvalue weighted by Crippen LogP contribution is 2.61. The van der Waals surface area contributed by atoms with Crippen LogP contribution in [0.15, 0.2) is 209 Å². The van der Waals surface area contributed by atoms with E-state index in [1.807, 2.05) is 60.7 Å². The maximum atomic E-state index is 6.22. The van der Waals surface area contributed by atoms with Gasteiger partial charge < -0.3 is 8.83 Å². The summed E-state index contributed by atoms with van der Waals surface area (Å²) in [5, 5.41) is 4.14. The second-order valence-electron chi connectivity index (χ2n) is 16.6. The Morgan fingerprint density at radius 1 is 0.270 bits per heavy atom. The Balaban J connectivity index is 1.01. The molecule has 1 spiro atoms. The third-order valence-corrected chi connectivity index (χ3v) is 13.4. The van der Waals surface area contributed by atoms with Crippen LogP contribution in [0.5, 0.6) is 0 Å². The van der Waals surface area contributed by atoms with Gasteiger partial charge in [-0.15, -0.1) is 0 Å². The van der Waals surface area contributed by atoms with Crippen LogP contribution in [-0.2, 0) is 5.41 Å². The summed E-state index contributed by atoms with van der Waals surface area (Å²) in [6, 6.07) is 71.2. The highest BCUT2D eigenvalue weighted by molar-refractivity contribution is 6.07. The van der Waals surface area contributed by atoms with Gasteiger partial charge in [-0.1, -0.05) is 146 Å². The van der Waals surface area contributed by atoms with E-state index < -0.39 is 5.41 Å². The zero-order valence-electron chi connectivity index (χ0n) is 33.7. The Morgan fingerprint density at radius 2 is 0.619 bits per heavy atom. The van der Waals surface area contributed by atoms with Crippen molar-refractivity contribution in [1.29, 1.82) is 0 Å². The summed E-state index contributed by atoms with van der Waals surface area (Å²) in [6.45, 7) is 0. The number of benzene rings is 9. The smallest absolute Gasteiger partial charge is 0.164 e. The van der Waals surface area contributed by atoms with Crippen molar-refractivity contribution in [2.45, 2.75) is 5.41 Å². The molecule has 0 bridgehead atoms. The van der Waals surface area contributed by atoms with Gasteiger partial charge in [-0.05, 0) is 110 Å². The number of aromatic nitrogens is 3. The third-order valence-electron chi connectivity index (χ3n) is 13.4. The van der Waals surface area contributed by atoms with Crippen molar-refractivity contribution in [3.05, 3.63) is 222 Å².